The van der Waals surface area contributed by atoms with Gasteiger partial charge in [-0.1, -0.05) is 0 Å². The minimum atomic E-state index is -0.0261. The highest BCUT2D eigenvalue weighted by Gasteiger charge is 2.33. The highest BCUT2D eigenvalue weighted by atomic mass is 16.5. The molecule has 0 radical (unpaired) electrons. The molecule has 1 aliphatic rings. The molecule has 1 aliphatic carbocycles. The Hall–Kier alpha value is -3.48. The van der Waals surface area contributed by atoms with Crippen LogP contribution >= 0.6 is 0 Å². The number of ether oxygens (including phenoxy) is 4. The lowest BCUT2D eigenvalue weighted by Crippen LogP contribution is -2.20. The first-order chi connectivity index (χ1) is 15.0. The van der Waals surface area contributed by atoms with Gasteiger partial charge in [-0.2, -0.15) is 5.10 Å². The maximum Gasteiger partial charge on any atom is 0.203 e. The third-order valence-electron chi connectivity index (χ3n) is 5.78. The van der Waals surface area contributed by atoms with Gasteiger partial charge in [0, 0.05) is 6.42 Å². The Morgan fingerprint density at radius 1 is 0.903 bits per heavy atom. The van der Waals surface area contributed by atoms with Crippen LogP contribution in [0, 0.1) is 6.92 Å². The average molecular weight is 422 g/mol. The number of hydrogen-bond acceptors (Lipinski definition) is 6. The average Bonchev–Trinajstić information content (AvgIpc) is 3.14. The van der Waals surface area contributed by atoms with Crippen molar-refractivity contribution in [3.05, 3.63) is 58.9 Å². The predicted octanol–water partition coefficient (Wildman–Crippen LogP) is 4.13. The minimum absolute atomic E-state index is 0.0261. The summed E-state index contributed by atoms with van der Waals surface area (Å²) in [5.74, 6) is 2.53. The Bertz CT molecular complexity index is 1090. The van der Waals surface area contributed by atoms with Crippen molar-refractivity contribution >= 4 is 5.78 Å². The zero-order valence-electron chi connectivity index (χ0n) is 18.4. The van der Waals surface area contributed by atoms with Gasteiger partial charge in [0.15, 0.2) is 17.3 Å². The first kappa shape index (κ1) is 20.8. The summed E-state index contributed by atoms with van der Waals surface area (Å²) in [7, 11) is 6.39. The summed E-state index contributed by atoms with van der Waals surface area (Å²) >= 11 is 0. The summed E-state index contributed by atoms with van der Waals surface area (Å²) < 4.78 is 23.6. The summed E-state index contributed by atoms with van der Waals surface area (Å²) in [6.45, 7) is 1.89. The number of rotatable bonds is 6. The molecule has 1 aromatic heterocycles. The quantitative estimate of drug-likeness (QED) is 0.595. The second-order valence-electron chi connectivity index (χ2n) is 7.50. The van der Waals surface area contributed by atoms with E-state index in [1.165, 1.54) is 0 Å². The van der Waals surface area contributed by atoms with E-state index in [9.17, 15) is 4.79 Å². The first-order valence-electron chi connectivity index (χ1n) is 10.1. The van der Waals surface area contributed by atoms with Gasteiger partial charge in [0.1, 0.15) is 5.75 Å². The largest absolute Gasteiger partial charge is 0.497 e. The number of benzene rings is 2. The van der Waals surface area contributed by atoms with E-state index in [0.717, 1.165) is 34.0 Å². The Balaban J connectivity index is 1.77. The number of fused-ring (bicyclic) bond motifs is 1. The van der Waals surface area contributed by atoms with Crippen LogP contribution < -0.4 is 18.9 Å². The minimum Gasteiger partial charge on any atom is -0.497 e. The lowest BCUT2D eigenvalue weighted by atomic mass is 9.81. The molecule has 2 aromatic carbocycles. The van der Waals surface area contributed by atoms with Gasteiger partial charge in [0.05, 0.1) is 51.1 Å². The van der Waals surface area contributed by atoms with E-state index in [-0.39, 0.29) is 11.7 Å². The molecule has 7 heteroatoms. The molecule has 0 saturated carbocycles. The SMILES string of the molecule is COc1ccc(-n2nc(C)c3c2C[C@H](c2cc(OC)c(OC)c(OC)c2)CC3=O)cc1. The van der Waals surface area contributed by atoms with Gasteiger partial charge in [0.2, 0.25) is 5.75 Å². The topological polar surface area (TPSA) is 71.8 Å². The van der Waals surface area contributed by atoms with Crippen molar-refractivity contribution in [2.24, 2.45) is 0 Å². The molecule has 7 nitrogen and oxygen atoms in total. The molecule has 4 rings (SSSR count). The van der Waals surface area contributed by atoms with Crippen molar-refractivity contribution in [3.8, 4) is 28.7 Å². The lowest BCUT2D eigenvalue weighted by molar-refractivity contribution is 0.0963. The smallest absolute Gasteiger partial charge is 0.203 e. The molecular formula is C24H26N2O5. The maximum atomic E-state index is 13.1. The number of carbonyl (C=O) groups is 1. The van der Waals surface area contributed by atoms with Crippen LogP contribution in [0.1, 0.15) is 39.6 Å². The van der Waals surface area contributed by atoms with Gasteiger partial charge >= 0.3 is 0 Å². The number of aromatic nitrogens is 2. The van der Waals surface area contributed by atoms with E-state index >= 15 is 0 Å². The second-order valence-corrected chi connectivity index (χ2v) is 7.50. The van der Waals surface area contributed by atoms with Crippen LogP contribution in [0.25, 0.3) is 5.69 Å². The van der Waals surface area contributed by atoms with E-state index < -0.39 is 0 Å². The number of Topliss-reactive ketones (excluding diaryl/α,β-unsaturated/α-hetero) is 1. The Morgan fingerprint density at radius 2 is 1.55 bits per heavy atom. The predicted molar refractivity (Wildman–Crippen MR) is 116 cm³/mol. The van der Waals surface area contributed by atoms with Crippen LogP contribution in [0.2, 0.25) is 0 Å². The van der Waals surface area contributed by atoms with Crippen molar-refractivity contribution in [3.63, 3.8) is 0 Å². The number of ketones is 1. The molecule has 0 aliphatic heterocycles. The van der Waals surface area contributed by atoms with Crippen molar-refractivity contribution in [2.75, 3.05) is 28.4 Å². The maximum absolute atomic E-state index is 13.1. The van der Waals surface area contributed by atoms with Gasteiger partial charge in [-0.25, -0.2) is 4.68 Å². The number of hydrogen-bond donors (Lipinski definition) is 0. The molecule has 1 atom stereocenters. The molecule has 31 heavy (non-hydrogen) atoms. The highest BCUT2D eigenvalue weighted by molar-refractivity contribution is 6.00. The van der Waals surface area contributed by atoms with Crippen LogP contribution in [0.4, 0.5) is 0 Å². The van der Waals surface area contributed by atoms with Crippen LogP contribution in [0.5, 0.6) is 23.0 Å². The van der Waals surface area contributed by atoms with E-state index in [0.29, 0.717) is 30.1 Å². The van der Waals surface area contributed by atoms with Crippen molar-refractivity contribution in [1.82, 2.24) is 9.78 Å². The van der Waals surface area contributed by atoms with E-state index in [2.05, 4.69) is 5.10 Å². The summed E-state index contributed by atoms with van der Waals surface area (Å²) in [5, 5.41) is 4.68. The lowest BCUT2D eigenvalue weighted by Gasteiger charge is -2.24. The van der Waals surface area contributed by atoms with Gasteiger partial charge in [-0.05, 0) is 61.2 Å². The normalized spacial score (nSPS) is 15.4. The number of aryl methyl sites for hydroxylation is 1. The first-order valence-corrected chi connectivity index (χ1v) is 10.1. The molecule has 0 spiro atoms. The van der Waals surface area contributed by atoms with Gasteiger partial charge in [-0.15, -0.1) is 0 Å². The molecule has 0 unspecified atom stereocenters. The fourth-order valence-electron chi connectivity index (χ4n) is 4.27. The van der Waals surface area contributed by atoms with Gasteiger partial charge < -0.3 is 18.9 Å². The van der Waals surface area contributed by atoms with Crippen molar-refractivity contribution in [2.45, 2.75) is 25.7 Å². The number of nitrogens with zero attached hydrogens (tertiary/aromatic N) is 2. The van der Waals surface area contributed by atoms with E-state index in [1.54, 1.807) is 28.4 Å². The second kappa shape index (κ2) is 8.34. The third-order valence-corrected chi connectivity index (χ3v) is 5.78. The fraction of sp³-hybridized carbons (Fsp3) is 0.333. The third kappa shape index (κ3) is 3.60. The zero-order valence-corrected chi connectivity index (χ0v) is 18.4. The molecule has 1 heterocycles. The molecule has 0 amide bonds. The van der Waals surface area contributed by atoms with E-state index in [1.807, 2.05) is 48.0 Å². The number of methoxy groups -OCH3 is 4. The molecule has 0 saturated heterocycles. The Labute approximate surface area is 181 Å². The summed E-state index contributed by atoms with van der Waals surface area (Å²) in [6, 6.07) is 11.5. The van der Waals surface area contributed by atoms with Crippen LogP contribution in [-0.2, 0) is 6.42 Å². The van der Waals surface area contributed by atoms with Crippen LogP contribution in [-0.4, -0.2) is 44.0 Å². The van der Waals surface area contributed by atoms with Gasteiger partial charge in [0.25, 0.3) is 0 Å². The zero-order chi connectivity index (χ0) is 22.1. The van der Waals surface area contributed by atoms with Crippen LogP contribution in [0.3, 0.4) is 0 Å². The van der Waals surface area contributed by atoms with Gasteiger partial charge in [-0.3, -0.25) is 4.79 Å². The Morgan fingerprint density at radius 3 is 2.10 bits per heavy atom. The van der Waals surface area contributed by atoms with Crippen molar-refractivity contribution < 1.29 is 23.7 Å². The van der Waals surface area contributed by atoms with E-state index in [4.69, 9.17) is 18.9 Å². The van der Waals surface area contributed by atoms with Crippen molar-refractivity contribution in [1.29, 1.82) is 0 Å². The fourth-order valence-corrected chi connectivity index (χ4v) is 4.27. The molecule has 0 bridgehead atoms. The molecular weight excluding hydrogens is 396 g/mol. The summed E-state index contributed by atoms with van der Waals surface area (Å²) in [6.07, 6.45) is 1.08. The molecule has 0 N–H and O–H groups in total. The molecule has 162 valence electrons. The Kier molecular flexibility index (Phi) is 5.59. The summed E-state index contributed by atoms with van der Waals surface area (Å²) in [4.78, 5) is 13.1. The monoisotopic (exact) mass is 422 g/mol. The van der Waals surface area contributed by atoms with Crippen LogP contribution in [0.15, 0.2) is 36.4 Å². The standard InChI is InChI=1S/C24H26N2O5/c1-14-23-19(26(25-14)17-6-8-18(28-2)9-7-17)10-15(11-20(23)27)16-12-21(29-3)24(31-5)22(13-16)30-4/h6-9,12-13,15H,10-11H2,1-5H3/t15-/m0/s1. The molecule has 3 aromatic rings. The highest BCUT2D eigenvalue weighted by Crippen LogP contribution is 2.43. The summed E-state index contributed by atoms with van der Waals surface area (Å²) in [5.41, 5.74) is 4.24. The molecule has 0 fully saturated rings. The number of carbonyl (C=O) groups excluding carboxylic acids is 1.